The second-order valence-electron chi connectivity index (χ2n) is 16.5. The van der Waals surface area contributed by atoms with E-state index in [4.69, 9.17) is 0 Å². The molecule has 4 aliphatic rings. The van der Waals surface area contributed by atoms with Gasteiger partial charge in [-0.3, -0.25) is 0 Å². The summed E-state index contributed by atoms with van der Waals surface area (Å²) in [6.45, 7) is 19.2. The molecular formula is C41H48BN3. The van der Waals surface area contributed by atoms with E-state index in [2.05, 4.69) is 149 Å². The first-order valence-electron chi connectivity index (χ1n) is 17.3. The van der Waals surface area contributed by atoms with Gasteiger partial charge in [0.2, 0.25) is 0 Å². The van der Waals surface area contributed by atoms with Gasteiger partial charge in [0.25, 0.3) is 6.71 Å². The van der Waals surface area contributed by atoms with Crippen molar-refractivity contribution in [2.75, 3.05) is 14.7 Å². The molecule has 4 aromatic carbocycles. The minimum Gasteiger partial charge on any atom is -0.339 e. The van der Waals surface area contributed by atoms with Crippen LogP contribution in [0.3, 0.4) is 0 Å². The van der Waals surface area contributed by atoms with Crippen molar-refractivity contribution in [3.8, 4) is 0 Å². The molecule has 3 heterocycles. The van der Waals surface area contributed by atoms with Crippen molar-refractivity contribution >= 4 is 57.2 Å². The van der Waals surface area contributed by atoms with E-state index < -0.39 is 0 Å². The normalized spacial score (nSPS) is 18.6. The van der Waals surface area contributed by atoms with Gasteiger partial charge in [-0.05, 0) is 101 Å². The van der Waals surface area contributed by atoms with E-state index in [9.17, 15) is 0 Å². The standard InChI is InChI=1S/C41H48BN3/c1-39(2,3)27-22-23-33-32(24-27)42-31-20-15-21-34-38(31)45(41(7,8)44(34)30-18-13-10-14-19-30)36-26-28(40(4,5)6)25-35(37(36)42)43(33)29-16-11-9-12-17-29/h10,13-15,18-26,29H,9,11-12,16-17H2,1-8H3. The molecule has 230 valence electrons. The summed E-state index contributed by atoms with van der Waals surface area (Å²) in [5, 5.41) is 0. The van der Waals surface area contributed by atoms with Crippen LogP contribution in [0.5, 0.6) is 0 Å². The van der Waals surface area contributed by atoms with E-state index in [0.29, 0.717) is 6.04 Å². The maximum atomic E-state index is 2.80. The second-order valence-corrected chi connectivity index (χ2v) is 16.5. The Hall–Kier alpha value is -3.66. The van der Waals surface area contributed by atoms with Gasteiger partial charge >= 0.3 is 0 Å². The molecule has 0 unspecified atom stereocenters. The lowest BCUT2D eigenvalue weighted by Gasteiger charge is -2.49. The van der Waals surface area contributed by atoms with E-state index in [1.54, 1.807) is 0 Å². The van der Waals surface area contributed by atoms with Crippen LogP contribution in [-0.2, 0) is 10.8 Å². The van der Waals surface area contributed by atoms with Gasteiger partial charge in [0.15, 0.2) is 0 Å². The van der Waals surface area contributed by atoms with Crippen LogP contribution in [0, 0.1) is 0 Å². The van der Waals surface area contributed by atoms with Crippen LogP contribution in [0.1, 0.15) is 98.6 Å². The minimum absolute atomic E-state index is 0.0262. The highest BCUT2D eigenvalue weighted by atomic mass is 15.5. The number of anilines is 6. The third-order valence-electron chi connectivity index (χ3n) is 11.1. The number of hydrogen-bond acceptors (Lipinski definition) is 3. The molecule has 0 bridgehead atoms. The van der Waals surface area contributed by atoms with E-state index in [-0.39, 0.29) is 23.2 Å². The number of rotatable bonds is 2. The Kier molecular flexibility index (Phi) is 6.19. The summed E-state index contributed by atoms with van der Waals surface area (Å²) in [6, 6.07) is 31.2. The summed E-state index contributed by atoms with van der Waals surface area (Å²) in [7, 11) is 0. The van der Waals surface area contributed by atoms with Crippen molar-refractivity contribution < 1.29 is 0 Å². The van der Waals surface area contributed by atoms with Gasteiger partial charge in [-0.2, -0.15) is 0 Å². The van der Waals surface area contributed by atoms with Crippen LogP contribution < -0.4 is 31.1 Å². The Morgan fingerprint density at radius 1 is 0.622 bits per heavy atom. The number of hydrogen-bond donors (Lipinski definition) is 0. The predicted molar refractivity (Wildman–Crippen MR) is 195 cm³/mol. The highest BCUT2D eigenvalue weighted by molar-refractivity contribution is 7.00. The Morgan fingerprint density at radius 3 is 2.00 bits per heavy atom. The van der Waals surface area contributed by atoms with Gasteiger partial charge in [0, 0.05) is 28.8 Å². The molecule has 0 radical (unpaired) electrons. The molecule has 0 atom stereocenters. The van der Waals surface area contributed by atoms with Crippen LogP contribution in [0.2, 0.25) is 0 Å². The van der Waals surface area contributed by atoms with Crippen molar-refractivity contribution in [1.82, 2.24) is 0 Å². The van der Waals surface area contributed by atoms with Gasteiger partial charge < -0.3 is 14.7 Å². The predicted octanol–water partition coefficient (Wildman–Crippen LogP) is 8.92. The Balaban J connectivity index is 1.48. The number of nitrogens with zero attached hydrogens (tertiary/aromatic N) is 3. The number of fused-ring (bicyclic) bond motifs is 4. The minimum atomic E-state index is -0.293. The molecular weight excluding hydrogens is 545 g/mol. The summed E-state index contributed by atoms with van der Waals surface area (Å²) in [6.07, 6.45) is 6.52. The lowest BCUT2D eigenvalue weighted by atomic mass is 9.33. The third kappa shape index (κ3) is 4.16. The Bertz CT molecular complexity index is 1800. The van der Waals surface area contributed by atoms with Crippen LogP contribution >= 0.6 is 0 Å². The fourth-order valence-electron chi connectivity index (χ4n) is 8.87. The summed E-state index contributed by atoms with van der Waals surface area (Å²) in [5.74, 6) is 0. The van der Waals surface area contributed by atoms with Crippen LogP contribution in [0.15, 0.2) is 78.9 Å². The van der Waals surface area contributed by atoms with Crippen molar-refractivity contribution in [2.45, 2.75) is 110 Å². The summed E-state index contributed by atoms with van der Waals surface area (Å²) >= 11 is 0. The molecule has 1 aliphatic carbocycles. The van der Waals surface area contributed by atoms with Gasteiger partial charge in [-0.1, -0.05) is 103 Å². The quantitative estimate of drug-likeness (QED) is 0.215. The lowest BCUT2D eigenvalue weighted by molar-refractivity contribution is 0.436. The van der Waals surface area contributed by atoms with Crippen LogP contribution in [0.25, 0.3) is 0 Å². The third-order valence-corrected chi connectivity index (χ3v) is 11.1. The molecule has 3 nitrogen and oxygen atoms in total. The SMILES string of the molecule is CC(C)(C)c1ccc2c(c1)B1c3cccc4c3N(c3cc(C(C)(C)C)cc(c31)N2C1CCCCC1)C(C)(C)N4c1ccccc1. The fraction of sp³-hybridized carbons (Fsp3) is 0.415. The largest absolute Gasteiger partial charge is 0.339 e. The molecule has 4 heteroatoms. The zero-order valence-corrected chi connectivity index (χ0v) is 28.5. The van der Waals surface area contributed by atoms with Crippen LogP contribution in [-0.4, -0.2) is 18.4 Å². The molecule has 1 fully saturated rings. The molecule has 0 aromatic heterocycles. The molecule has 0 amide bonds. The van der Waals surface area contributed by atoms with E-state index in [1.165, 1.54) is 93.7 Å². The fourth-order valence-corrected chi connectivity index (χ4v) is 8.87. The maximum Gasteiger partial charge on any atom is 0.252 e. The van der Waals surface area contributed by atoms with E-state index >= 15 is 0 Å². The van der Waals surface area contributed by atoms with Crippen molar-refractivity contribution in [3.05, 3.63) is 90.0 Å². The monoisotopic (exact) mass is 593 g/mol. The first-order chi connectivity index (χ1) is 21.4. The first-order valence-corrected chi connectivity index (χ1v) is 17.3. The molecule has 0 spiro atoms. The zero-order chi connectivity index (χ0) is 31.5. The van der Waals surface area contributed by atoms with Gasteiger partial charge in [0.05, 0.1) is 11.4 Å². The molecule has 4 aromatic rings. The summed E-state index contributed by atoms with van der Waals surface area (Å²) in [5.41, 5.74) is 15.2. The first kappa shape index (κ1) is 28.8. The number of benzene rings is 4. The molecule has 0 saturated heterocycles. The summed E-state index contributed by atoms with van der Waals surface area (Å²) < 4.78 is 0. The van der Waals surface area contributed by atoms with E-state index in [1.807, 2.05) is 0 Å². The molecule has 3 aliphatic heterocycles. The highest BCUT2D eigenvalue weighted by Gasteiger charge is 2.53. The molecule has 1 saturated carbocycles. The second kappa shape index (κ2) is 9.67. The van der Waals surface area contributed by atoms with E-state index in [0.717, 1.165) is 0 Å². The highest BCUT2D eigenvalue weighted by Crippen LogP contribution is 2.55. The van der Waals surface area contributed by atoms with Crippen LogP contribution in [0.4, 0.5) is 34.1 Å². The zero-order valence-electron chi connectivity index (χ0n) is 28.5. The van der Waals surface area contributed by atoms with Gasteiger partial charge in [0.1, 0.15) is 5.66 Å². The lowest BCUT2D eigenvalue weighted by Crippen LogP contribution is -2.65. The summed E-state index contributed by atoms with van der Waals surface area (Å²) in [4.78, 5) is 8.08. The number of para-hydroxylation sites is 2. The molecule has 8 rings (SSSR count). The smallest absolute Gasteiger partial charge is 0.252 e. The van der Waals surface area contributed by atoms with Gasteiger partial charge in [-0.25, -0.2) is 0 Å². The average Bonchev–Trinajstić information content (AvgIpc) is 3.25. The van der Waals surface area contributed by atoms with Crippen molar-refractivity contribution in [3.63, 3.8) is 0 Å². The van der Waals surface area contributed by atoms with Crippen molar-refractivity contribution in [2.24, 2.45) is 0 Å². The van der Waals surface area contributed by atoms with Gasteiger partial charge in [-0.15, -0.1) is 0 Å². The Labute approximate surface area is 271 Å². The Morgan fingerprint density at radius 2 is 1.31 bits per heavy atom. The topological polar surface area (TPSA) is 9.72 Å². The van der Waals surface area contributed by atoms with Crippen molar-refractivity contribution in [1.29, 1.82) is 0 Å². The molecule has 45 heavy (non-hydrogen) atoms. The maximum absolute atomic E-state index is 2.80. The average molecular weight is 594 g/mol. The molecule has 0 N–H and O–H groups in total.